The van der Waals surface area contributed by atoms with Crippen LogP contribution in [-0.2, 0) is 0 Å². The number of benzene rings is 1. The minimum Gasteiger partial charge on any atom is -0.406 e. The van der Waals surface area contributed by atoms with Crippen LogP contribution in [0, 0.1) is 11.3 Å². The second-order valence-electron chi connectivity index (χ2n) is 6.39. The van der Waals surface area contributed by atoms with Crippen LogP contribution in [0.2, 0.25) is 5.02 Å². The highest BCUT2D eigenvalue weighted by molar-refractivity contribution is 6.31. The van der Waals surface area contributed by atoms with Gasteiger partial charge in [-0.1, -0.05) is 18.5 Å². The minimum atomic E-state index is -4.91. The average Bonchev–Trinajstić information content (AvgIpc) is 3.19. The van der Waals surface area contributed by atoms with E-state index in [1.165, 1.54) is 35.5 Å². The van der Waals surface area contributed by atoms with Crippen molar-refractivity contribution in [1.29, 1.82) is 5.26 Å². The molecule has 3 rings (SSSR count). The Balaban J connectivity index is 1.74. The Kier molecular flexibility index (Phi) is 6.41. The fourth-order valence-corrected chi connectivity index (χ4v) is 2.92. The van der Waals surface area contributed by atoms with Crippen molar-refractivity contribution >= 4 is 17.5 Å². The van der Waals surface area contributed by atoms with Gasteiger partial charge in [0.2, 0.25) is 0 Å². The summed E-state index contributed by atoms with van der Waals surface area (Å²) in [5, 5.41) is 15.6. The van der Waals surface area contributed by atoms with Gasteiger partial charge in [0.1, 0.15) is 11.8 Å². The molecule has 0 spiro atoms. The van der Waals surface area contributed by atoms with E-state index in [1.807, 2.05) is 6.07 Å². The molecule has 2 aromatic heterocycles. The molecule has 0 fully saturated rings. The minimum absolute atomic E-state index is 0.0804. The van der Waals surface area contributed by atoms with E-state index >= 15 is 0 Å². The molecular weight excluding hydrogens is 437 g/mol. The summed E-state index contributed by atoms with van der Waals surface area (Å²) in [6.45, 7) is 1.87. The van der Waals surface area contributed by atoms with Crippen LogP contribution in [0.15, 0.2) is 43.0 Å². The van der Waals surface area contributed by atoms with Crippen molar-refractivity contribution in [2.75, 3.05) is 6.54 Å². The predicted molar refractivity (Wildman–Crippen MR) is 103 cm³/mol. The van der Waals surface area contributed by atoms with Gasteiger partial charge < -0.3 is 10.1 Å². The first-order valence-electron chi connectivity index (χ1n) is 8.77. The Morgan fingerprint density at radius 1 is 1.32 bits per heavy atom. The molecule has 8 nitrogen and oxygen atoms in total. The third kappa shape index (κ3) is 5.70. The summed E-state index contributed by atoms with van der Waals surface area (Å²) in [6.07, 6.45) is 0.903. The summed E-state index contributed by atoms with van der Waals surface area (Å²) in [5.74, 6) is -1.19. The maximum atomic E-state index is 12.5. The quantitative estimate of drug-likeness (QED) is 0.615. The predicted octanol–water partition coefficient (Wildman–Crippen LogP) is 3.62. The highest BCUT2D eigenvalue weighted by Crippen LogP contribution is 2.27. The Labute approximate surface area is 179 Å². The molecule has 1 atom stereocenters. The molecular formula is C19H14ClF3N6O2. The van der Waals surface area contributed by atoms with Crippen LogP contribution in [0.5, 0.6) is 5.75 Å². The van der Waals surface area contributed by atoms with Crippen LogP contribution in [0.25, 0.3) is 5.82 Å². The largest absolute Gasteiger partial charge is 0.573 e. The van der Waals surface area contributed by atoms with Crippen LogP contribution in [0.3, 0.4) is 0 Å². The van der Waals surface area contributed by atoms with Crippen LogP contribution in [0.1, 0.15) is 34.5 Å². The van der Waals surface area contributed by atoms with Gasteiger partial charge in [-0.05, 0) is 18.2 Å². The Bertz CT molecular complexity index is 1140. The number of nitriles is 1. The smallest absolute Gasteiger partial charge is 0.406 e. The monoisotopic (exact) mass is 450 g/mol. The van der Waals surface area contributed by atoms with E-state index in [9.17, 15) is 18.0 Å². The Morgan fingerprint density at radius 2 is 2.06 bits per heavy atom. The summed E-state index contributed by atoms with van der Waals surface area (Å²) in [7, 11) is 0. The van der Waals surface area contributed by atoms with E-state index in [0.29, 0.717) is 17.1 Å². The molecule has 0 aliphatic carbocycles. The zero-order chi connectivity index (χ0) is 22.6. The summed E-state index contributed by atoms with van der Waals surface area (Å²) in [6, 6.07) is 5.10. The number of rotatable bonds is 6. The standard InChI is InChI=1S/C19H14ClF3N6O2/c1-11(16-17(26-3-2-25-16)29-10-12(7-24)9-28-29)8-27-18(30)13-4-14(20)6-15(5-13)31-19(21,22)23/h2-6,9-11H,8H2,1H3,(H,27,30). The maximum absolute atomic E-state index is 12.5. The van der Waals surface area contributed by atoms with Gasteiger partial charge in [0.05, 0.1) is 23.7 Å². The van der Waals surface area contributed by atoms with Gasteiger partial charge in [-0.2, -0.15) is 10.4 Å². The van der Waals surface area contributed by atoms with E-state index in [4.69, 9.17) is 16.9 Å². The summed E-state index contributed by atoms with van der Waals surface area (Å²) in [4.78, 5) is 21.0. The lowest BCUT2D eigenvalue weighted by Gasteiger charge is -2.15. The lowest BCUT2D eigenvalue weighted by molar-refractivity contribution is -0.274. The van der Waals surface area contributed by atoms with Crippen LogP contribution >= 0.6 is 11.6 Å². The first-order chi connectivity index (χ1) is 14.7. The van der Waals surface area contributed by atoms with Gasteiger partial charge in [0.15, 0.2) is 5.82 Å². The van der Waals surface area contributed by atoms with Gasteiger partial charge in [-0.25, -0.2) is 9.67 Å². The van der Waals surface area contributed by atoms with Crippen molar-refractivity contribution in [2.24, 2.45) is 0 Å². The number of nitrogens with one attached hydrogen (secondary N) is 1. The molecule has 3 aromatic rings. The summed E-state index contributed by atoms with van der Waals surface area (Å²) < 4.78 is 42.6. The fraction of sp³-hybridized carbons (Fsp3) is 0.211. The molecule has 160 valence electrons. The summed E-state index contributed by atoms with van der Waals surface area (Å²) in [5.41, 5.74) is 0.752. The first-order valence-corrected chi connectivity index (χ1v) is 9.14. The first kappa shape index (κ1) is 22.0. The van der Waals surface area contributed by atoms with Gasteiger partial charge in [0, 0.05) is 35.4 Å². The van der Waals surface area contributed by atoms with Crippen LogP contribution in [-0.4, -0.2) is 38.6 Å². The molecule has 0 saturated carbocycles. The number of nitrogens with zero attached hydrogens (tertiary/aromatic N) is 5. The number of hydrogen-bond donors (Lipinski definition) is 1. The van der Waals surface area contributed by atoms with E-state index < -0.39 is 18.0 Å². The zero-order valence-corrected chi connectivity index (χ0v) is 16.6. The number of carbonyl (C=O) groups excluding carboxylic acids is 1. The maximum Gasteiger partial charge on any atom is 0.573 e. The number of ether oxygens (including phenoxy) is 1. The van der Waals surface area contributed by atoms with Crippen molar-refractivity contribution in [3.05, 3.63) is 64.8 Å². The van der Waals surface area contributed by atoms with E-state index in [2.05, 4.69) is 25.1 Å². The molecule has 1 amide bonds. The molecule has 1 N–H and O–H groups in total. The molecule has 1 unspecified atom stereocenters. The number of hydrogen-bond acceptors (Lipinski definition) is 6. The molecule has 0 bridgehead atoms. The topological polar surface area (TPSA) is 106 Å². The average molecular weight is 451 g/mol. The molecule has 31 heavy (non-hydrogen) atoms. The molecule has 0 radical (unpaired) electrons. The second kappa shape index (κ2) is 9.01. The number of carbonyl (C=O) groups is 1. The number of aromatic nitrogens is 4. The lowest BCUT2D eigenvalue weighted by Crippen LogP contribution is -2.28. The number of amides is 1. The molecule has 0 aliphatic rings. The number of halogens is 4. The van der Waals surface area contributed by atoms with Crippen molar-refractivity contribution in [1.82, 2.24) is 25.1 Å². The highest BCUT2D eigenvalue weighted by Gasteiger charge is 2.31. The summed E-state index contributed by atoms with van der Waals surface area (Å²) >= 11 is 5.81. The Hall–Kier alpha value is -3.65. The van der Waals surface area contributed by atoms with E-state index in [0.717, 1.165) is 12.1 Å². The fourth-order valence-electron chi connectivity index (χ4n) is 2.69. The van der Waals surface area contributed by atoms with Gasteiger partial charge in [0.25, 0.3) is 5.91 Å². The molecule has 0 aliphatic heterocycles. The lowest BCUT2D eigenvalue weighted by atomic mass is 10.1. The molecule has 2 heterocycles. The van der Waals surface area contributed by atoms with Crippen LogP contribution < -0.4 is 10.1 Å². The van der Waals surface area contributed by atoms with Crippen molar-refractivity contribution in [3.63, 3.8) is 0 Å². The van der Waals surface area contributed by atoms with E-state index in [1.54, 1.807) is 6.92 Å². The Morgan fingerprint density at radius 3 is 2.74 bits per heavy atom. The third-order valence-electron chi connectivity index (χ3n) is 4.04. The van der Waals surface area contributed by atoms with Gasteiger partial charge in [-0.3, -0.25) is 9.78 Å². The SMILES string of the molecule is CC(CNC(=O)c1cc(Cl)cc(OC(F)(F)F)c1)c1nccnc1-n1cc(C#N)cn1. The third-order valence-corrected chi connectivity index (χ3v) is 4.26. The second-order valence-corrected chi connectivity index (χ2v) is 6.82. The van der Waals surface area contributed by atoms with Crippen LogP contribution in [0.4, 0.5) is 13.2 Å². The van der Waals surface area contributed by atoms with Crippen molar-refractivity contribution in [3.8, 4) is 17.6 Å². The molecule has 1 aromatic carbocycles. The highest BCUT2D eigenvalue weighted by atomic mass is 35.5. The number of alkyl halides is 3. The van der Waals surface area contributed by atoms with Gasteiger partial charge >= 0.3 is 6.36 Å². The van der Waals surface area contributed by atoms with Crippen molar-refractivity contribution in [2.45, 2.75) is 19.2 Å². The molecule has 12 heteroatoms. The van der Waals surface area contributed by atoms with E-state index in [-0.39, 0.29) is 23.0 Å². The van der Waals surface area contributed by atoms with Gasteiger partial charge in [-0.15, -0.1) is 13.2 Å². The molecule has 0 saturated heterocycles. The van der Waals surface area contributed by atoms with Crippen molar-refractivity contribution < 1.29 is 22.7 Å². The zero-order valence-electron chi connectivity index (χ0n) is 15.9. The normalized spacial score (nSPS) is 12.1.